The van der Waals surface area contributed by atoms with E-state index in [0.717, 1.165) is 56.3 Å². The molecular weight excluding hydrogens is 701 g/mol. The van der Waals surface area contributed by atoms with Gasteiger partial charge in [0.15, 0.2) is 5.78 Å². The Morgan fingerprint density at radius 3 is 2.37 bits per heavy atom. The van der Waals surface area contributed by atoms with Crippen molar-refractivity contribution in [2.45, 2.75) is 101 Å². The number of aryl methyl sites for hydroxylation is 1. The van der Waals surface area contributed by atoms with Crippen molar-refractivity contribution >= 4 is 57.5 Å². The lowest BCUT2D eigenvalue weighted by molar-refractivity contribution is -0.263. The molecule has 0 radical (unpaired) electrons. The second-order valence-corrected chi connectivity index (χ2v) is 16.2. The number of benzene rings is 2. The van der Waals surface area contributed by atoms with E-state index in [1.54, 1.807) is 18.3 Å². The van der Waals surface area contributed by atoms with E-state index < -0.39 is 5.85 Å². The smallest absolute Gasteiger partial charge is 0.308 e. The van der Waals surface area contributed by atoms with E-state index in [4.69, 9.17) is 32.7 Å². The number of anilines is 1. The molecule has 3 saturated heterocycles. The first-order chi connectivity index (χ1) is 25.2. The van der Waals surface area contributed by atoms with Gasteiger partial charge in [0.2, 0.25) is 5.85 Å². The highest BCUT2D eigenvalue weighted by Gasteiger charge is 2.60. The number of ketones is 1. The number of carbonyl (C=O) groups excluding carboxylic acids is 3. The Morgan fingerprint density at radius 1 is 0.923 bits per heavy atom. The number of rotatable bonds is 12. The Bertz CT molecular complexity index is 1850. The van der Waals surface area contributed by atoms with Gasteiger partial charge >= 0.3 is 5.97 Å². The fourth-order valence-corrected chi connectivity index (χ4v) is 9.86. The van der Waals surface area contributed by atoms with Gasteiger partial charge in [-0.2, -0.15) is 0 Å². The fraction of sp³-hybridized carbons (Fsp3) is 0.575. The minimum Gasteiger partial charge on any atom is -0.466 e. The van der Waals surface area contributed by atoms with Crippen LogP contribution in [-0.4, -0.2) is 99.8 Å². The molecule has 2 aromatic carbocycles. The first-order valence-corrected chi connectivity index (χ1v) is 19.9. The van der Waals surface area contributed by atoms with Gasteiger partial charge in [-0.25, -0.2) is 0 Å². The van der Waals surface area contributed by atoms with Crippen molar-refractivity contribution in [2.24, 2.45) is 13.0 Å². The van der Waals surface area contributed by atoms with Crippen LogP contribution in [-0.2, 0) is 32.5 Å². The largest absolute Gasteiger partial charge is 0.466 e. The van der Waals surface area contributed by atoms with Gasteiger partial charge in [0.1, 0.15) is 0 Å². The number of hydrogen-bond acceptors (Lipinski definition) is 8. The zero-order chi connectivity index (χ0) is 36.1. The fourth-order valence-electron chi connectivity index (χ4n) is 9.40. The normalized spacial score (nSPS) is 26.5. The molecule has 1 aromatic heterocycles. The molecule has 1 N–H and O–H groups in total. The number of carbonyl (C=O) groups is 3. The van der Waals surface area contributed by atoms with Crippen molar-refractivity contribution in [1.29, 1.82) is 0 Å². The summed E-state index contributed by atoms with van der Waals surface area (Å²) < 4.78 is 14.5. The Hall–Kier alpha value is -2.99. The van der Waals surface area contributed by atoms with Gasteiger partial charge in [0.05, 0.1) is 34.9 Å². The third kappa shape index (κ3) is 6.69. The molecule has 3 aromatic rings. The van der Waals surface area contributed by atoms with Crippen LogP contribution in [0.3, 0.4) is 0 Å². The zero-order valence-corrected chi connectivity index (χ0v) is 31.6. The van der Waals surface area contributed by atoms with Crippen LogP contribution in [0.5, 0.6) is 0 Å². The van der Waals surface area contributed by atoms with Crippen LogP contribution in [0.2, 0.25) is 10.0 Å². The molecule has 4 heterocycles. The van der Waals surface area contributed by atoms with E-state index in [1.807, 2.05) is 42.8 Å². The van der Waals surface area contributed by atoms with Gasteiger partial charge < -0.3 is 19.4 Å². The van der Waals surface area contributed by atoms with Crippen molar-refractivity contribution in [2.75, 3.05) is 38.1 Å². The van der Waals surface area contributed by atoms with Gasteiger partial charge in [-0.05, 0) is 88.5 Å². The summed E-state index contributed by atoms with van der Waals surface area (Å²) >= 11 is 13.8. The number of nitrogens with one attached hydrogen (secondary N) is 1. The summed E-state index contributed by atoms with van der Waals surface area (Å²) in [7, 11) is 1.91. The molecular formula is C40H49Cl2N5O5. The molecule has 10 nitrogen and oxygen atoms in total. The number of likely N-dealkylation sites (tertiary alicyclic amines) is 3. The summed E-state index contributed by atoms with van der Waals surface area (Å²) in [5.74, 6) is -1.85. The maximum atomic E-state index is 15.2. The van der Waals surface area contributed by atoms with E-state index in [2.05, 4.69) is 20.0 Å². The van der Waals surface area contributed by atoms with E-state index in [0.29, 0.717) is 71.2 Å². The third-order valence-electron chi connectivity index (χ3n) is 12.1. The van der Waals surface area contributed by atoms with Crippen LogP contribution in [0.25, 0.3) is 10.9 Å². The molecule has 0 spiro atoms. The number of fused-ring (bicyclic) bond motifs is 3. The average molecular weight is 751 g/mol. The van der Waals surface area contributed by atoms with Crippen molar-refractivity contribution in [1.82, 2.24) is 19.3 Å². The molecule has 2 aliphatic carbocycles. The maximum Gasteiger partial charge on any atom is 0.308 e. The van der Waals surface area contributed by atoms with E-state index in [9.17, 15) is 9.59 Å². The second kappa shape index (κ2) is 14.7. The van der Waals surface area contributed by atoms with E-state index in [1.165, 1.54) is 12.8 Å². The summed E-state index contributed by atoms with van der Waals surface area (Å²) in [5.41, 5.74) is 2.47. The highest BCUT2D eigenvalue weighted by molar-refractivity contribution is 6.36. The molecule has 3 atom stereocenters. The molecule has 52 heavy (non-hydrogen) atoms. The first kappa shape index (κ1) is 36.0. The molecule has 278 valence electrons. The maximum absolute atomic E-state index is 15.2. The number of Topliss-reactive ketones (excluding diaryl/α,β-unsaturated/α-hetero) is 1. The van der Waals surface area contributed by atoms with Crippen LogP contribution in [0, 0.1) is 5.92 Å². The lowest BCUT2D eigenvalue weighted by Crippen LogP contribution is -2.71. The van der Waals surface area contributed by atoms with Gasteiger partial charge in [-0.3, -0.25) is 29.1 Å². The molecule has 3 aliphatic heterocycles. The van der Waals surface area contributed by atoms with Crippen molar-refractivity contribution in [3.8, 4) is 0 Å². The Labute approximate surface area is 315 Å². The Balaban J connectivity index is 1.07. The molecule has 2 saturated carbocycles. The topological polar surface area (TPSA) is 96.3 Å². The number of amides is 1. The summed E-state index contributed by atoms with van der Waals surface area (Å²) in [6.45, 7) is 5.51. The average Bonchev–Trinajstić information content (AvgIpc) is 3.46. The predicted octanol–water partition coefficient (Wildman–Crippen LogP) is 6.66. The highest BCUT2D eigenvalue weighted by atomic mass is 35.5. The summed E-state index contributed by atoms with van der Waals surface area (Å²) in [6, 6.07) is 12.4. The monoisotopic (exact) mass is 749 g/mol. The Kier molecular flexibility index (Phi) is 10.2. The number of esters is 1. The van der Waals surface area contributed by atoms with Crippen LogP contribution in [0.1, 0.15) is 80.6 Å². The van der Waals surface area contributed by atoms with Gasteiger partial charge in [0, 0.05) is 79.9 Å². The van der Waals surface area contributed by atoms with Crippen LogP contribution in [0.4, 0.5) is 5.69 Å². The van der Waals surface area contributed by atoms with Crippen molar-refractivity contribution < 1.29 is 23.9 Å². The number of piperazine rings is 1. The van der Waals surface area contributed by atoms with Gasteiger partial charge in [-0.1, -0.05) is 41.4 Å². The molecule has 1 unspecified atom stereocenters. The summed E-state index contributed by atoms with van der Waals surface area (Å²) in [5, 5.41) is 4.47. The number of ether oxygens (including phenoxy) is 2. The standard InChI is InChI=1S/C40H49Cl2N5O5/c1-3-51-39(50)25-10-14-30(15-11-25)52-40(45-16-6-7-17-45,47-23-28-20-29(47)22-46(28)27-12-13-27)37(48)19-26-18-34(42)35(21-33(26)41)43-38(49)32-24-44(2)36-9-5-4-8-31(32)36/h4-5,8-9,18,21,24-25,27-30H,3,6-7,10-17,19-20,22-23H2,1-2H3,(H,43,49)/t25?,28-,29-,30?,40?/m0/s1. The van der Waals surface area contributed by atoms with Gasteiger partial charge in [-0.15, -0.1) is 0 Å². The van der Waals surface area contributed by atoms with E-state index >= 15 is 4.79 Å². The molecule has 5 fully saturated rings. The van der Waals surface area contributed by atoms with Gasteiger partial charge in [0.25, 0.3) is 5.91 Å². The lowest BCUT2D eigenvalue weighted by atomic mass is 9.87. The van der Waals surface area contributed by atoms with Crippen molar-refractivity contribution in [3.05, 3.63) is 63.8 Å². The van der Waals surface area contributed by atoms with Crippen LogP contribution in [0.15, 0.2) is 42.6 Å². The highest BCUT2D eigenvalue weighted by Crippen LogP contribution is 2.46. The quantitative estimate of drug-likeness (QED) is 0.206. The summed E-state index contributed by atoms with van der Waals surface area (Å²) in [6.07, 6.45) is 9.99. The zero-order valence-electron chi connectivity index (χ0n) is 30.1. The minimum absolute atomic E-state index is 0.0327. The second-order valence-electron chi connectivity index (χ2n) is 15.4. The lowest BCUT2D eigenvalue weighted by Gasteiger charge is -2.52. The predicted molar refractivity (Wildman–Crippen MR) is 202 cm³/mol. The Morgan fingerprint density at radius 2 is 1.67 bits per heavy atom. The molecule has 5 aliphatic rings. The minimum atomic E-state index is -1.25. The first-order valence-electron chi connectivity index (χ1n) is 19.1. The van der Waals surface area contributed by atoms with E-state index in [-0.39, 0.29) is 42.1 Å². The number of nitrogens with zero attached hydrogens (tertiary/aromatic N) is 4. The van der Waals surface area contributed by atoms with Crippen LogP contribution < -0.4 is 5.32 Å². The molecule has 2 bridgehead atoms. The number of para-hydroxylation sites is 1. The number of aromatic nitrogens is 1. The number of halogens is 2. The molecule has 12 heteroatoms. The molecule has 1 amide bonds. The van der Waals surface area contributed by atoms with Crippen LogP contribution >= 0.6 is 23.2 Å². The summed E-state index contributed by atoms with van der Waals surface area (Å²) in [4.78, 5) is 48.6. The molecule has 8 rings (SSSR count). The van der Waals surface area contributed by atoms with Crippen molar-refractivity contribution in [3.63, 3.8) is 0 Å². The third-order valence-corrected chi connectivity index (χ3v) is 12.8. The number of hydrogen-bond donors (Lipinski definition) is 1. The SMILES string of the molecule is CCOC(=O)C1CCC(OC(C(=O)Cc2cc(Cl)c(NC(=O)c3cn(C)c4ccccc34)cc2Cl)(N2CCCC2)N2C[C@@H]3C[C@H]2CN3C2CC2)CC1.